The molecule has 0 saturated carbocycles. The van der Waals surface area contributed by atoms with Crippen molar-refractivity contribution in [1.82, 2.24) is 4.90 Å². The van der Waals surface area contributed by atoms with Crippen molar-refractivity contribution in [2.45, 2.75) is 12.5 Å². The van der Waals surface area contributed by atoms with Gasteiger partial charge in [0.05, 0.1) is 6.10 Å². The largest absolute Gasteiger partial charge is 0.396 e. The summed E-state index contributed by atoms with van der Waals surface area (Å²) in [5.41, 5.74) is 0. The van der Waals surface area contributed by atoms with Crippen molar-refractivity contribution in [2.24, 2.45) is 0 Å². The third-order valence-electron chi connectivity index (χ3n) is 1.80. The van der Waals surface area contributed by atoms with Crippen molar-refractivity contribution in [3.8, 4) is 0 Å². The zero-order chi connectivity index (χ0) is 8.27. The average Bonchev–Trinajstić information content (AvgIpc) is 1.98. The topological polar surface area (TPSA) is 49.8 Å². The van der Waals surface area contributed by atoms with Crippen molar-refractivity contribution in [2.75, 3.05) is 26.8 Å². The van der Waals surface area contributed by atoms with Crippen molar-refractivity contribution in [3.63, 3.8) is 0 Å². The fraction of sp³-hybridized carbons (Fsp3) is 0.857. The number of likely N-dealkylation sites (N-methyl/N-ethyl adjacent to an activating group) is 1. The molecule has 64 valence electrons. The number of aliphatic hydroxyl groups excluding tert-OH is 1. The van der Waals surface area contributed by atoms with Gasteiger partial charge in [0.25, 0.3) is 0 Å². The first-order valence-electron chi connectivity index (χ1n) is 3.70. The molecule has 4 heteroatoms. The summed E-state index contributed by atoms with van der Waals surface area (Å²) in [4.78, 5) is 12.5. The zero-order valence-electron chi connectivity index (χ0n) is 6.62. The molecule has 1 aliphatic rings. The van der Waals surface area contributed by atoms with Crippen LogP contribution in [0.15, 0.2) is 0 Å². The van der Waals surface area contributed by atoms with Gasteiger partial charge in [-0.1, -0.05) is 0 Å². The number of nitrogens with zero attached hydrogens (tertiary/aromatic N) is 1. The lowest BCUT2D eigenvalue weighted by Gasteiger charge is -2.29. The van der Waals surface area contributed by atoms with Gasteiger partial charge in [-0.25, -0.2) is 0 Å². The molecule has 0 aromatic rings. The van der Waals surface area contributed by atoms with E-state index in [1.54, 1.807) is 11.9 Å². The van der Waals surface area contributed by atoms with Crippen LogP contribution in [-0.4, -0.2) is 48.8 Å². The number of morpholine rings is 1. The first-order chi connectivity index (χ1) is 5.24. The highest BCUT2D eigenvalue weighted by Crippen LogP contribution is 2.06. The van der Waals surface area contributed by atoms with E-state index in [4.69, 9.17) is 9.84 Å². The average molecular weight is 159 g/mol. The molecule has 11 heavy (non-hydrogen) atoms. The van der Waals surface area contributed by atoms with E-state index in [1.807, 2.05) is 0 Å². The van der Waals surface area contributed by atoms with Gasteiger partial charge in [0.1, 0.15) is 6.61 Å². The SMILES string of the molecule is CN1CC(CCO)OCC1=O. The van der Waals surface area contributed by atoms with Crippen LogP contribution in [0.3, 0.4) is 0 Å². The zero-order valence-corrected chi connectivity index (χ0v) is 6.62. The number of ether oxygens (including phenoxy) is 1. The number of hydrogen-bond acceptors (Lipinski definition) is 3. The van der Waals surface area contributed by atoms with Crippen molar-refractivity contribution < 1.29 is 14.6 Å². The van der Waals surface area contributed by atoms with Gasteiger partial charge in [-0.15, -0.1) is 0 Å². The standard InChI is InChI=1S/C7H13NO3/c1-8-4-6(2-3-9)11-5-7(8)10/h6,9H,2-5H2,1H3. The molecule has 0 spiro atoms. The van der Waals surface area contributed by atoms with Gasteiger partial charge in [0.2, 0.25) is 5.91 Å². The van der Waals surface area contributed by atoms with Gasteiger partial charge in [-0.3, -0.25) is 4.79 Å². The Morgan fingerprint density at radius 1 is 1.82 bits per heavy atom. The Morgan fingerprint density at radius 3 is 3.09 bits per heavy atom. The monoisotopic (exact) mass is 159 g/mol. The van der Waals surface area contributed by atoms with Crippen LogP contribution in [-0.2, 0) is 9.53 Å². The van der Waals surface area contributed by atoms with Crippen LogP contribution in [0.25, 0.3) is 0 Å². The van der Waals surface area contributed by atoms with Gasteiger partial charge in [-0.05, 0) is 6.42 Å². The molecule has 0 aromatic heterocycles. The van der Waals surface area contributed by atoms with Crippen molar-refractivity contribution >= 4 is 5.91 Å². The Labute approximate surface area is 65.8 Å². The highest BCUT2D eigenvalue weighted by Gasteiger charge is 2.22. The van der Waals surface area contributed by atoms with E-state index in [2.05, 4.69) is 0 Å². The van der Waals surface area contributed by atoms with E-state index < -0.39 is 0 Å². The van der Waals surface area contributed by atoms with Crippen LogP contribution < -0.4 is 0 Å². The minimum absolute atomic E-state index is 0.0131. The Balaban J connectivity index is 2.33. The van der Waals surface area contributed by atoms with E-state index in [0.29, 0.717) is 13.0 Å². The second kappa shape index (κ2) is 3.69. The summed E-state index contributed by atoms with van der Waals surface area (Å²) in [6.07, 6.45) is 0.625. The van der Waals surface area contributed by atoms with Crippen LogP contribution in [0, 0.1) is 0 Å². The molecular formula is C7H13NO3. The number of aliphatic hydroxyl groups is 1. The summed E-state index contributed by atoms with van der Waals surface area (Å²) >= 11 is 0. The van der Waals surface area contributed by atoms with Crippen LogP contribution in [0.4, 0.5) is 0 Å². The van der Waals surface area contributed by atoms with Crippen LogP contribution in [0.5, 0.6) is 0 Å². The van der Waals surface area contributed by atoms with Crippen molar-refractivity contribution in [1.29, 1.82) is 0 Å². The molecule has 1 unspecified atom stereocenters. The number of carbonyl (C=O) groups excluding carboxylic acids is 1. The fourth-order valence-electron chi connectivity index (χ4n) is 1.08. The molecule has 1 N–H and O–H groups in total. The summed E-state index contributed by atoms with van der Waals surface area (Å²) < 4.78 is 5.15. The van der Waals surface area contributed by atoms with Crippen LogP contribution >= 0.6 is 0 Å². The van der Waals surface area contributed by atoms with Crippen molar-refractivity contribution in [3.05, 3.63) is 0 Å². The fourth-order valence-corrected chi connectivity index (χ4v) is 1.08. The normalized spacial score (nSPS) is 25.8. The number of carbonyl (C=O) groups is 1. The summed E-state index contributed by atoms with van der Waals surface area (Å²) in [6, 6.07) is 0. The van der Waals surface area contributed by atoms with E-state index >= 15 is 0 Å². The number of hydrogen-bond donors (Lipinski definition) is 1. The summed E-state index contributed by atoms with van der Waals surface area (Å²) in [5, 5.41) is 8.59. The first kappa shape index (κ1) is 8.49. The van der Waals surface area contributed by atoms with Crippen LogP contribution in [0.1, 0.15) is 6.42 Å². The maximum absolute atomic E-state index is 10.9. The van der Waals surface area contributed by atoms with Gasteiger partial charge < -0.3 is 14.7 Å². The second-order valence-corrected chi connectivity index (χ2v) is 2.72. The highest BCUT2D eigenvalue weighted by atomic mass is 16.5. The van der Waals surface area contributed by atoms with Crippen LogP contribution in [0.2, 0.25) is 0 Å². The first-order valence-corrected chi connectivity index (χ1v) is 3.70. The predicted molar refractivity (Wildman–Crippen MR) is 39.1 cm³/mol. The number of rotatable bonds is 2. The minimum Gasteiger partial charge on any atom is -0.396 e. The Bertz CT molecular complexity index is 149. The third-order valence-corrected chi connectivity index (χ3v) is 1.80. The second-order valence-electron chi connectivity index (χ2n) is 2.72. The predicted octanol–water partition coefficient (Wildman–Crippen LogP) is -0.774. The molecule has 0 aromatic carbocycles. The van der Waals surface area contributed by atoms with Gasteiger partial charge in [-0.2, -0.15) is 0 Å². The Morgan fingerprint density at radius 2 is 2.55 bits per heavy atom. The quantitative estimate of drug-likeness (QED) is 0.575. The lowest BCUT2D eigenvalue weighted by molar-refractivity contribution is -0.147. The lowest BCUT2D eigenvalue weighted by Crippen LogP contribution is -2.44. The number of amides is 1. The Kier molecular flexibility index (Phi) is 2.84. The molecule has 1 rings (SSSR count). The molecule has 0 aliphatic carbocycles. The Hall–Kier alpha value is -0.610. The minimum atomic E-state index is 0.0131. The smallest absolute Gasteiger partial charge is 0.248 e. The lowest BCUT2D eigenvalue weighted by atomic mass is 10.2. The maximum Gasteiger partial charge on any atom is 0.248 e. The van der Waals surface area contributed by atoms with E-state index in [-0.39, 0.29) is 25.2 Å². The maximum atomic E-state index is 10.9. The molecule has 1 aliphatic heterocycles. The molecule has 1 heterocycles. The van der Waals surface area contributed by atoms with Gasteiger partial charge >= 0.3 is 0 Å². The third kappa shape index (κ3) is 2.17. The van der Waals surface area contributed by atoms with Gasteiger partial charge in [0, 0.05) is 20.2 Å². The molecule has 1 amide bonds. The molecule has 1 fully saturated rings. The molecule has 4 nitrogen and oxygen atoms in total. The van der Waals surface area contributed by atoms with E-state index in [9.17, 15) is 4.79 Å². The highest BCUT2D eigenvalue weighted by molar-refractivity contribution is 5.77. The molecule has 1 atom stereocenters. The molecule has 0 bridgehead atoms. The van der Waals surface area contributed by atoms with E-state index in [1.165, 1.54) is 0 Å². The molecule has 0 radical (unpaired) electrons. The van der Waals surface area contributed by atoms with E-state index in [0.717, 1.165) is 0 Å². The molecule has 1 saturated heterocycles. The summed E-state index contributed by atoms with van der Waals surface area (Å²) in [7, 11) is 1.75. The summed E-state index contributed by atoms with van der Waals surface area (Å²) in [5.74, 6) is 0.0131. The summed E-state index contributed by atoms with van der Waals surface area (Å²) in [6.45, 7) is 0.868. The molecular weight excluding hydrogens is 146 g/mol. The van der Waals surface area contributed by atoms with Gasteiger partial charge in [0.15, 0.2) is 0 Å².